The van der Waals surface area contributed by atoms with Crippen molar-refractivity contribution in [2.45, 2.75) is 50.4 Å². The summed E-state index contributed by atoms with van der Waals surface area (Å²) in [6.07, 6.45) is -1.23. The molecule has 32 heavy (non-hydrogen) atoms. The summed E-state index contributed by atoms with van der Waals surface area (Å²) in [4.78, 5) is 11.8. The molecular weight excluding hydrogens is 506 g/mol. The fraction of sp³-hybridized carbons (Fsp3) is 0.769. The second-order valence-electron chi connectivity index (χ2n) is 5.61. The van der Waals surface area contributed by atoms with Gasteiger partial charge in [-0.15, -0.1) is 19.6 Å². The number of hydrogen-bond donors (Lipinski definition) is 4. The van der Waals surface area contributed by atoms with Crippen molar-refractivity contribution in [1.29, 1.82) is 0 Å². The lowest BCUT2D eigenvalue weighted by Crippen LogP contribution is -2.65. The van der Waals surface area contributed by atoms with Gasteiger partial charge in [0.25, 0.3) is 0 Å². The maximum absolute atomic E-state index is 11.8. The lowest BCUT2D eigenvalue weighted by atomic mass is 9.97. The van der Waals surface area contributed by atoms with Gasteiger partial charge >= 0.3 is 0 Å². The molecule has 1 aliphatic heterocycles. The second-order valence-corrected chi connectivity index (χ2v) is 7.05. The van der Waals surface area contributed by atoms with Gasteiger partial charge in [-0.05, 0) is 12.8 Å². The van der Waals surface area contributed by atoms with Crippen LogP contribution in [-0.4, -0.2) is 65.5 Å². The summed E-state index contributed by atoms with van der Waals surface area (Å²) in [6, 6.07) is -0.965. The number of allylic oxidation sites excluding steroid dienone is 1. The molecule has 188 valence electrons. The van der Waals surface area contributed by atoms with Crippen LogP contribution in [0.15, 0.2) is 12.7 Å². The fourth-order valence-electron chi connectivity index (χ4n) is 2.50. The zero-order valence-electron chi connectivity index (χ0n) is 16.5. The zero-order chi connectivity index (χ0) is 23.6. The third-order valence-electron chi connectivity index (χ3n) is 3.61. The first-order valence-corrected chi connectivity index (χ1v) is 10.6. The lowest BCUT2D eigenvalue weighted by Gasteiger charge is -2.44. The Kier molecular flexibility index (Phi) is 17.7. The number of ether oxygens (including phenoxy) is 2. The minimum Gasteiger partial charge on any atom is -0.350 e. The molecule has 1 amide bonds. The highest BCUT2D eigenvalue weighted by Crippen LogP contribution is 2.33. The van der Waals surface area contributed by atoms with Crippen LogP contribution in [-0.2, 0) is 54.9 Å². The van der Waals surface area contributed by atoms with Crippen molar-refractivity contribution in [2.24, 2.45) is 0 Å². The first kappa shape index (κ1) is 29.7. The summed E-state index contributed by atoms with van der Waals surface area (Å²) >= 11 is 0.711. The molecule has 2 unspecified atom stereocenters. The van der Waals surface area contributed by atoms with Gasteiger partial charge < -0.3 is 14.8 Å². The van der Waals surface area contributed by atoms with E-state index >= 15 is 0 Å². The molecular formula is C13H23NO15S3. The molecule has 16 nitrogen and oxygen atoms in total. The van der Waals surface area contributed by atoms with Crippen LogP contribution in [0.1, 0.15) is 19.8 Å². The first-order valence-electron chi connectivity index (χ1n) is 8.60. The molecule has 0 spiro atoms. The Morgan fingerprint density at radius 1 is 1.06 bits per heavy atom. The number of hydrogen-bond acceptors (Lipinski definition) is 18. The molecule has 0 aromatic heterocycles. The van der Waals surface area contributed by atoms with Crippen LogP contribution in [0, 0.1) is 0 Å². The first-order chi connectivity index (χ1) is 15.6. The monoisotopic (exact) mass is 529 g/mol. The van der Waals surface area contributed by atoms with Crippen LogP contribution in [0.2, 0.25) is 0 Å². The molecule has 4 N–H and O–H groups in total. The third-order valence-corrected chi connectivity index (χ3v) is 4.79. The number of carbonyl (C=O) groups is 1. The van der Waals surface area contributed by atoms with E-state index in [4.69, 9.17) is 37.8 Å². The average Bonchev–Trinajstić information content (AvgIpc) is 2.77. The number of carbonyl (C=O) groups excluding carboxylic acids is 1. The van der Waals surface area contributed by atoms with Crippen LogP contribution >= 0.6 is 37.0 Å². The van der Waals surface area contributed by atoms with Crippen molar-refractivity contribution in [3.8, 4) is 0 Å². The molecule has 1 aliphatic rings. The maximum atomic E-state index is 11.8. The SMILES string of the molecule is C=CCCCO[C@H]1OC(COSOOO)[C@@H](OSOOO)[C@H](OSOOO)C1NC(C)=O. The van der Waals surface area contributed by atoms with Gasteiger partial charge in [0.05, 0.1) is 13.2 Å². The lowest BCUT2D eigenvalue weighted by molar-refractivity contribution is -0.436. The zero-order valence-corrected chi connectivity index (χ0v) is 18.9. The Balaban J connectivity index is 3.06. The molecule has 0 aliphatic carbocycles. The van der Waals surface area contributed by atoms with Gasteiger partial charge in [0.1, 0.15) is 24.4 Å². The van der Waals surface area contributed by atoms with Crippen molar-refractivity contribution in [3.05, 3.63) is 12.7 Å². The van der Waals surface area contributed by atoms with Crippen LogP contribution in [0.5, 0.6) is 0 Å². The number of rotatable bonds is 19. The van der Waals surface area contributed by atoms with Gasteiger partial charge in [-0.3, -0.25) is 17.3 Å². The number of unbranched alkanes of at least 4 members (excludes halogenated alkanes) is 1. The molecule has 19 heteroatoms. The Labute approximate surface area is 195 Å². The van der Waals surface area contributed by atoms with Crippen LogP contribution < -0.4 is 5.32 Å². The minimum absolute atomic E-state index is 0.211. The van der Waals surface area contributed by atoms with E-state index in [2.05, 4.69) is 40.0 Å². The fourth-order valence-corrected chi connectivity index (χ4v) is 3.51. The second kappa shape index (κ2) is 19.1. The predicted octanol–water partition coefficient (Wildman–Crippen LogP) is 1.94. The van der Waals surface area contributed by atoms with Crippen molar-refractivity contribution in [1.82, 2.24) is 5.32 Å². The van der Waals surface area contributed by atoms with E-state index in [1.807, 2.05) is 0 Å². The van der Waals surface area contributed by atoms with Crippen LogP contribution in [0.25, 0.3) is 0 Å². The summed E-state index contributed by atoms with van der Waals surface area (Å²) < 4.78 is 40.2. The predicted molar refractivity (Wildman–Crippen MR) is 105 cm³/mol. The molecule has 0 aromatic carbocycles. The molecule has 1 saturated heterocycles. The van der Waals surface area contributed by atoms with E-state index in [1.54, 1.807) is 6.08 Å². The topological polar surface area (TPSA) is 191 Å². The smallest absolute Gasteiger partial charge is 0.217 e. The summed E-state index contributed by atoms with van der Waals surface area (Å²) in [5.41, 5.74) is 0. The quantitative estimate of drug-likeness (QED) is 0.0623. The number of nitrogens with one attached hydrogen (secondary N) is 1. The molecule has 0 saturated carbocycles. The van der Waals surface area contributed by atoms with Crippen molar-refractivity contribution in [2.75, 3.05) is 13.2 Å². The Bertz CT molecular complexity index is 509. The van der Waals surface area contributed by atoms with Gasteiger partial charge in [0.15, 0.2) is 43.3 Å². The highest BCUT2D eigenvalue weighted by Gasteiger charge is 2.50. The highest BCUT2D eigenvalue weighted by atomic mass is 32.2. The molecule has 1 rings (SSSR count). The molecule has 0 aromatic rings. The summed E-state index contributed by atoms with van der Waals surface area (Å²) in [6.45, 7) is 4.89. The van der Waals surface area contributed by atoms with Gasteiger partial charge in [-0.1, -0.05) is 21.2 Å². The van der Waals surface area contributed by atoms with Gasteiger partial charge in [0.2, 0.25) is 5.91 Å². The van der Waals surface area contributed by atoms with Gasteiger partial charge in [0, 0.05) is 6.92 Å². The van der Waals surface area contributed by atoms with E-state index in [-0.39, 0.29) is 50.2 Å². The Morgan fingerprint density at radius 2 is 1.69 bits per heavy atom. The minimum atomic E-state index is -1.11. The van der Waals surface area contributed by atoms with Crippen molar-refractivity contribution < 1.29 is 70.7 Å². The van der Waals surface area contributed by atoms with E-state index in [1.165, 1.54) is 6.92 Å². The largest absolute Gasteiger partial charge is 0.350 e. The molecule has 5 atom stereocenters. The summed E-state index contributed by atoms with van der Waals surface area (Å²) in [7, 11) is 0. The van der Waals surface area contributed by atoms with E-state index in [0.29, 0.717) is 12.8 Å². The van der Waals surface area contributed by atoms with Crippen LogP contribution in [0.4, 0.5) is 0 Å². The van der Waals surface area contributed by atoms with Gasteiger partial charge in [-0.2, -0.15) is 0 Å². The molecule has 1 fully saturated rings. The van der Waals surface area contributed by atoms with E-state index in [0.717, 1.165) is 0 Å². The number of amides is 1. The molecule has 0 radical (unpaired) electrons. The Hall–Kier alpha value is -0.300. The average molecular weight is 530 g/mol. The van der Waals surface area contributed by atoms with Crippen molar-refractivity contribution >= 4 is 42.9 Å². The summed E-state index contributed by atoms with van der Waals surface area (Å²) in [5, 5.41) is 37.9. The normalized spacial score (nSPS) is 25.6. The van der Waals surface area contributed by atoms with Crippen molar-refractivity contribution in [3.63, 3.8) is 0 Å². The standard InChI is InChI=1S/C13H23NO15S3/c1-3-4-5-6-19-13-10(14-8(2)15)12(23-32-29-26-18)11(22-31-28-25-17)9(21-13)7-20-30-27-24-16/h3,9-13,16-18H,1,4-7H2,2H3,(H,14,15)/t9?,10?,11-,12-,13+/m1/s1. The van der Waals surface area contributed by atoms with E-state index < -0.39 is 36.6 Å². The molecule has 1 heterocycles. The third kappa shape index (κ3) is 11.7. The van der Waals surface area contributed by atoms with Gasteiger partial charge in [-0.25, -0.2) is 15.8 Å². The summed E-state index contributed by atoms with van der Waals surface area (Å²) in [5.74, 6) is -0.448. The Morgan fingerprint density at radius 3 is 2.28 bits per heavy atom. The highest BCUT2D eigenvalue weighted by molar-refractivity contribution is 7.90. The molecule has 0 bridgehead atoms. The van der Waals surface area contributed by atoms with E-state index in [9.17, 15) is 4.79 Å². The maximum Gasteiger partial charge on any atom is 0.217 e. The van der Waals surface area contributed by atoms with Crippen LogP contribution in [0.3, 0.4) is 0 Å².